The van der Waals surface area contributed by atoms with Crippen LogP contribution in [-0.4, -0.2) is 53.6 Å². The summed E-state index contributed by atoms with van der Waals surface area (Å²) in [5.41, 5.74) is 1.82. The molecule has 180 valence electrons. The van der Waals surface area contributed by atoms with E-state index in [1.165, 1.54) is 11.6 Å². The van der Waals surface area contributed by atoms with E-state index < -0.39 is 12.1 Å². The van der Waals surface area contributed by atoms with Gasteiger partial charge in [-0.25, -0.2) is 9.18 Å². The molecule has 4 rings (SSSR count). The van der Waals surface area contributed by atoms with Gasteiger partial charge in [-0.2, -0.15) is 13.2 Å². The number of likely N-dealkylation sites (tertiary alicyclic amines) is 1. The van der Waals surface area contributed by atoms with Crippen molar-refractivity contribution in [2.75, 3.05) is 19.7 Å². The summed E-state index contributed by atoms with van der Waals surface area (Å²) in [7, 11) is 0. The Bertz CT molecular complexity index is 909. The molecule has 1 spiro atoms. The number of carbonyl (C=O) groups is 1. The molecule has 33 heavy (non-hydrogen) atoms. The van der Waals surface area contributed by atoms with Crippen LogP contribution in [0.15, 0.2) is 54.6 Å². The molecule has 2 heterocycles. The molecule has 2 aliphatic heterocycles. The molecular weight excluding hydrogens is 442 g/mol. The van der Waals surface area contributed by atoms with Crippen molar-refractivity contribution in [3.63, 3.8) is 0 Å². The van der Waals surface area contributed by atoms with E-state index in [9.17, 15) is 17.6 Å². The largest absolute Gasteiger partial charge is 0.490 e. The lowest BCUT2D eigenvalue weighted by atomic mass is 9.89. The lowest BCUT2D eigenvalue weighted by Gasteiger charge is -2.39. The van der Waals surface area contributed by atoms with Crippen LogP contribution in [0.2, 0.25) is 0 Å². The van der Waals surface area contributed by atoms with Crippen LogP contribution >= 0.6 is 0 Å². The van der Waals surface area contributed by atoms with E-state index in [0.29, 0.717) is 19.8 Å². The average molecular weight is 469 g/mol. The predicted octanol–water partition coefficient (Wildman–Crippen LogP) is 4.80. The maximum atomic E-state index is 14.0. The van der Waals surface area contributed by atoms with Crippen molar-refractivity contribution in [1.82, 2.24) is 4.90 Å². The number of alkyl halides is 3. The van der Waals surface area contributed by atoms with Gasteiger partial charge in [0, 0.05) is 25.1 Å². The van der Waals surface area contributed by atoms with Crippen LogP contribution in [0.3, 0.4) is 0 Å². The predicted molar refractivity (Wildman–Crippen MR) is 113 cm³/mol. The minimum absolute atomic E-state index is 0.122. The van der Waals surface area contributed by atoms with Gasteiger partial charge in [0.05, 0.1) is 24.9 Å². The second-order valence-electron chi connectivity index (χ2n) is 8.33. The van der Waals surface area contributed by atoms with Gasteiger partial charge in [0.1, 0.15) is 5.82 Å². The summed E-state index contributed by atoms with van der Waals surface area (Å²) < 4.78 is 58.0. The van der Waals surface area contributed by atoms with Crippen LogP contribution in [0, 0.1) is 5.82 Å². The van der Waals surface area contributed by atoms with E-state index in [2.05, 4.69) is 17.0 Å². The molecule has 1 N–H and O–H groups in total. The Hall–Kier alpha value is -2.49. The minimum atomic E-state index is -5.08. The second kappa shape index (κ2) is 11.1. The first kappa shape index (κ1) is 25.1. The van der Waals surface area contributed by atoms with Crippen molar-refractivity contribution in [2.24, 2.45) is 0 Å². The molecule has 0 aromatic heterocycles. The minimum Gasteiger partial charge on any atom is -0.475 e. The van der Waals surface area contributed by atoms with Gasteiger partial charge in [0.2, 0.25) is 0 Å². The van der Waals surface area contributed by atoms with Gasteiger partial charge in [0.15, 0.2) is 0 Å². The molecule has 0 radical (unpaired) electrons. The van der Waals surface area contributed by atoms with Gasteiger partial charge in [-0.3, -0.25) is 4.90 Å². The summed E-state index contributed by atoms with van der Waals surface area (Å²) in [6.45, 7) is 3.78. The first-order valence-corrected chi connectivity index (χ1v) is 10.7. The number of hydrogen-bond donors (Lipinski definition) is 1. The van der Waals surface area contributed by atoms with E-state index in [-0.39, 0.29) is 17.5 Å². The van der Waals surface area contributed by atoms with E-state index in [0.717, 1.165) is 37.9 Å². The lowest BCUT2D eigenvalue weighted by molar-refractivity contribution is -0.192. The van der Waals surface area contributed by atoms with Gasteiger partial charge in [-0.15, -0.1) is 0 Å². The first-order chi connectivity index (χ1) is 15.7. The number of hydrogen-bond acceptors (Lipinski definition) is 4. The molecule has 2 fully saturated rings. The summed E-state index contributed by atoms with van der Waals surface area (Å²) in [5, 5.41) is 7.12. The highest BCUT2D eigenvalue weighted by atomic mass is 19.4. The van der Waals surface area contributed by atoms with Gasteiger partial charge in [-0.1, -0.05) is 48.5 Å². The number of rotatable bonds is 5. The zero-order valence-electron chi connectivity index (χ0n) is 18.1. The summed E-state index contributed by atoms with van der Waals surface area (Å²) in [5.74, 6) is -2.88. The third-order valence-corrected chi connectivity index (χ3v) is 5.72. The van der Waals surface area contributed by atoms with Crippen molar-refractivity contribution in [2.45, 2.75) is 50.3 Å². The fraction of sp³-hybridized carbons (Fsp3) is 0.458. The molecule has 2 aromatic carbocycles. The zero-order chi connectivity index (χ0) is 23.9. The molecule has 9 heteroatoms. The SMILES string of the molecule is Fc1ccccc1CN1CCCC2(CC(OCc3ccccc3)CO2)C1.O=C(O)C(F)(F)F. The second-order valence-corrected chi connectivity index (χ2v) is 8.33. The molecule has 5 nitrogen and oxygen atoms in total. The topological polar surface area (TPSA) is 59.0 Å². The van der Waals surface area contributed by atoms with Gasteiger partial charge in [0.25, 0.3) is 0 Å². The molecule has 0 aliphatic carbocycles. The quantitative estimate of drug-likeness (QED) is 0.638. The third kappa shape index (κ3) is 7.52. The van der Waals surface area contributed by atoms with Gasteiger partial charge >= 0.3 is 12.1 Å². The Kier molecular flexibility index (Phi) is 8.45. The third-order valence-electron chi connectivity index (χ3n) is 5.72. The summed E-state index contributed by atoms with van der Waals surface area (Å²) in [6.07, 6.45) is -1.87. The Labute approximate surface area is 189 Å². The molecule has 2 aliphatic rings. The van der Waals surface area contributed by atoms with Crippen LogP contribution in [0.1, 0.15) is 30.4 Å². The summed E-state index contributed by atoms with van der Waals surface area (Å²) in [4.78, 5) is 11.2. The molecule has 2 atom stereocenters. The normalized spacial score (nSPS) is 23.2. The molecule has 2 unspecified atom stereocenters. The van der Waals surface area contributed by atoms with Crippen molar-refractivity contribution in [3.05, 3.63) is 71.5 Å². The van der Waals surface area contributed by atoms with Crippen LogP contribution in [0.5, 0.6) is 0 Å². The number of piperidine rings is 1. The van der Waals surface area contributed by atoms with Crippen molar-refractivity contribution in [3.8, 4) is 0 Å². The van der Waals surface area contributed by atoms with E-state index in [1.54, 1.807) is 6.07 Å². The number of carboxylic acid groups (broad SMARTS) is 1. The number of benzene rings is 2. The number of carboxylic acids is 1. The highest BCUT2D eigenvalue weighted by molar-refractivity contribution is 5.73. The van der Waals surface area contributed by atoms with Crippen molar-refractivity contribution >= 4 is 5.97 Å². The van der Waals surface area contributed by atoms with Crippen LogP contribution in [-0.2, 0) is 27.4 Å². The molecule has 0 saturated carbocycles. The molecule has 0 amide bonds. The number of aliphatic carboxylic acids is 1. The van der Waals surface area contributed by atoms with E-state index >= 15 is 0 Å². The highest BCUT2D eigenvalue weighted by Gasteiger charge is 2.44. The lowest BCUT2D eigenvalue weighted by Crippen LogP contribution is -2.47. The molecule has 2 saturated heterocycles. The standard InChI is InChI=1S/C22H26FNO2.C2HF3O2/c23-21-10-5-4-9-19(21)14-24-12-6-11-22(17-24)13-20(16-26-22)25-15-18-7-2-1-3-8-18;3-2(4,5)1(6)7/h1-5,7-10,20H,6,11-17H2;(H,6,7). The van der Waals surface area contributed by atoms with Crippen LogP contribution < -0.4 is 0 Å². The average Bonchev–Trinajstić information content (AvgIpc) is 3.16. The summed E-state index contributed by atoms with van der Waals surface area (Å²) >= 11 is 0. The number of halogens is 4. The monoisotopic (exact) mass is 469 g/mol. The van der Waals surface area contributed by atoms with E-state index in [1.807, 2.05) is 30.3 Å². The molecule has 0 bridgehead atoms. The van der Waals surface area contributed by atoms with Gasteiger partial charge in [-0.05, 0) is 31.0 Å². The maximum Gasteiger partial charge on any atom is 0.490 e. The van der Waals surface area contributed by atoms with Crippen molar-refractivity contribution < 1.29 is 36.9 Å². The Morgan fingerprint density at radius 2 is 1.82 bits per heavy atom. The smallest absolute Gasteiger partial charge is 0.475 e. The summed E-state index contributed by atoms with van der Waals surface area (Å²) in [6, 6.07) is 17.3. The fourth-order valence-corrected chi connectivity index (χ4v) is 4.18. The molecule has 2 aromatic rings. The van der Waals surface area contributed by atoms with E-state index in [4.69, 9.17) is 19.4 Å². The zero-order valence-corrected chi connectivity index (χ0v) is 18.1. The Balaban J connectivity index is 0.000000383. The highest BCUT2D eigenvalue weighted by Crippen LogP contribution is 2.36. The Morgan fingerprint density at radius 3 is 2.48 bits per heavy atom. The number of nitrogens with zero attached hydrogens (tertiary/aromatic N) is 1. The van der Waals surface area contributed by atoms with Crippen LogP contribution in [0.25, 0.3) is 0 Å². The molecular formula is C24H27F4NO4. The van der Waals surface area contributed by atoms with Gasteiger partial charge < -0.3 is 14.6 Å². The first-order valence-electron chi connectivity index (χ1n) is 10.7. The maximum absolute atomic E-state index is 14.0. The Morgan fingerprint density at radius 1 is 1.15 bits per heavy atom. The fourth-order valence-electron chi connectivity index (χ4n) is 4.18. The van der Waals surface area contributed by atoms with Crippen LogP contribution in [0.4, 0.5) is 17.6 Å². The van der Waals surface area contributed by atoms with Crippen molar-refractivity contribution in [1.29, 1.82) is 0 Å². The number of ether oxygens (including phenoxy) is 2.